The summed E-state index contributed by atoms with van der Waals surface area (Å²) in [6.45, 7) is 7.52. The van der Waals surface area contributed by atoms with E-state index in [1.54, 1.807) is 44.6 Å². The second kappa shape index (κ2) is 8.65. The van der Waals surface area contributed by atoms with E-state index in [1.165, 1.54) is 5.01 Å². The Labute approximate surface area is 169 Å². The minimum atomic E-state index is -0.987. The summed E-state index contributed by atoms with van der Waals surface area (Å²) in [5.41, 5.74) is -0.319. The number of carbonyl (C=O) groups excluding carboxylic acids is 2. The molecule has 3 rings (SSSR count). The minimum absolute atomic E-state index is 0.0698. The number of nitrogens with zero attached hydrogens (tertiary/aromatic N) is 2. The van der Waals surface area contributed by atoms with Crippen LogP contribution in [0, 0.1) is 5.92 Å². The molecule has 0 spiro atoms. The first-order valence-corrected chi connectivity index (χ1v) is 9.75. The van der Waals surface area contributed by atoms with E-state index in [2.05, 4.69) is 10.4 Å². The molecule has 0 radical (unpaired) electrons. The molecule has 156 valence electrons. The molecule has 0 aliphatic carbocycles. The van der Waals surface area contributed by atoms with Crippen molar-refractivity contribution in [1.82, 2.24) is 10.3 Å². The lowest BCUT2D eigenvalue weighted by Gasteiger charge is -2.32. The van der Waals surface area contributed by atoms with Crippen LogP contribution in [-0.4, -0.2) is 41.3 Å². The highest BCUT2D eigenvalue weighted by molar-refractivity contribution is 6.01. The van der Waals surface area contributed by atoms with Gasteiger partial charge in [0.1, 0.15) is 28.8 Å². The Kier molecular flexibility index (Phi) is 6.22. The number of carbonyl (C=O) groups is 2. The highest BCUT2D eigenvalue weighted by atomic mass is 16.5. The van der Waals surface area contributed by atoms with Gasteiger partial charge in [0.05, 0.1) is 25.7 Å². The summed E-state index contributed by atoms with van der Waals surface area (Å²) in [5.74, 6) is 0.524. The van der Waals surface area contributed by atoms with Crippen LogP contribution < -0.4 is 5.32 Å². The summed E-state index contributed by atoms with van der Waals surface area (Å²) < 4.78 is 16.2. The average Bonchev–Trinajstić information content (AvgIpc) is 3.45. The summed E-state index contributed by atoms with van der Waals surface area (Å²) in [5, 5.41) is 8.97. The van der Waals surface area contributed by atoms with Gasteiger partial charge in [-0.2, -0.15) is 5.10 Å². The molecule has 0 bridgehead atoms. The predicted molar refractivity (Wildman–Crippen MR) is 106 cm³/mol. The molecule has 29 heavy (non-hydrogen) atoms. The Morgan fingerprint density at radius 1 is 1.31 bits per heavy atom. The van der Waals surface area contributed by atoms with Gasteiger partial charge in [-0.15, -0.1) is 0 Å². The molecule has 0 saturated heterocycles. The van der Waals surface area contributed by atoms with Gasteiger partial charge in [-0.05, 0) is 44.0 Å². The molecule has 2 aromatic rings. The number of rotatable bonds is 8. The monoisotopic (exact) mass is 401 g/mol. The molecule has 0 fully saturated rings. The number of amides is 1. The van der Waals surface area contributed by atoms with Crippen molar-refractivity contribution in [2.45, 2.75) is 45.7 Å². The minimum Gasteiger partial charge on any atom is -0.467 e. The van der Waals surface area contributed by atoms with E-state index in [9.17, 15) is 9.59 Å². The van der Waals surface area contributed by atoms with Crippen LogP contribution in [0.1, 0.15) is 51.7 Å². The first-order chi connectivity index (χ1) is 13.9. The highest BCUT2D eigenvalue weighted by Crippen LogP contribution is 2.33. The smallest absolute Gasteiger partial charge is 0.326 e. The van der Waals surface area contributed by atoms with E-state index in [4.69, 9.17) is 13.6 Å². The number of esters is 1. The predicted octanol–water partition coefficient (Wildman–Crippen LogP) is 3.12. The van der Waals surface area contributed by atoms with Crippen molar-refractivity contribution in [3.63, 3.8) is 0 Å². The summed E-state index contributed by atoms with van der Waals surface area (Å²) in [6.07, 6.45) is 3.61. The van der Waals surface area contributed by atoms with E-state index in [-0.39, 0.29) is 37.0 Å². The van der Waals surface area contributed by atoms with Crippen molar-refractivity contribution in [1.29, 1.82) is 0 Å². The van der Waals surface area contributed by atoms with E-state index < -0.39 is 5.54 Å². The molecule has 1 aliphatic rings. The van der Waals surface area contributed by atoms with Gasteiger partial charge in [0.25, 0.3) is 5.91 Å². The van der Waals surface area contributed by atoms with Crippen molar-refractivity contribution in [3.8, 4) is 0 Å². The topological polar surface area (TPSA) is 97.3 Å². The zero-order valence-electron chi connectivity index (χ0n) is 17.2. The maximum absolute atomic E-state index is 13.0. The van der Waals surface area contributed by atoms with Gasteiger partial charge in [0.15, 0.2) is 0 Å². The van der Waals surface area contributed by atoms with Gasteiger partial charge in [-0.3, -0.25) is 14.9 Å². The number of furan rings is 2. The fourth-order valence-corrected chi connectivity index (χ4v) is 3.17. The third kappa shape index (κ3) is 4.27. The van der Waals surface area contributed by atoms with Crippen LogP contribution in [0.2, 0.25) is 0 Å². The molecule has 2 aromatic heterocycles. The van der Waals surface area contributed by atoms with Crippen LogP contribution in [0.15, 0.2) is 50.7 Å². The van der Waals surface area contributed by atoms with Crippen molar-refractivity contribution in [2.75, 3.05) is 13.2 Å². The van der Waals surface area contributed by atoms with Crippen molar-refractivity contribution < 1.29 is 23.2 Å². The summed E-state index contributed by atoms with van der Waals surface area (Å²) >= 11 is 0. The standard InChI is InChI=1S/C21H27N3O5/c1-5-27-20(26)21(4,14(2)3)22-13-19(25)24-16(18-9-7-11-29-18)12-15(23-24)17-8-6-10-28-17/h6-11,14,16,22H,5,12-13H2,1-4H3/t16-,21-/m0/s1. The number of ether oxygens (including phenoxy) is 1. The van der Waals surface area contributed by atoms with Gasteiger partial charge in [-0.1, -0.05) is 13.8 Å². The van der Waals surface area contributed by atoms with Gasteiger partial charge < -0.3 is 13.6 Å². The lowest BCUT2D eigenvalue weighted by molar-refractivity contribution is -0.152. The number of hydrazone groups is 1. The Balaban J connectivity index is 1.78. The second-order valence-corrected chi connectivity index (χ2v) is 7.43. The lowest BCUT2D eigenvalue weighted by Crippen LogP contribution is -2.56. The maximum atomic E-state index is 13.0. The number of hydrogen-bond acceptors (Lipinski definition) is 7. The fraction of sp³-hybridized carbons (Fsp3) is 0.476. The summed E-state index contributed by atoms with van der Waals surface area (Å²) in [7, 11) is 0. The zero-order chi connectivity index (χ0) is 21.0. The molecular weight excluding hydrogens is 374 g/mol. The Morgan fingerprint density at radius 2 is 2.03 bits per heavy atom. The Bertz CT molecular complexity index is 857. The molecule has 0 unspecified atom stereocenters. The SMILES string of the molecule is CCOC(=O)[C@@](C)(NCC(=O)N1N=C(c2ccco2)C[C@H]1c1ccco1)C(C)C. The van der Waals surface area contributed by atoms with Crippen molar-refractivity contribution in [3.05, 3.63) is 48.3 Å². The first kappa shape index (κ1) is 20.9. The molecule has 0 aromatic carbocycles. The third-order valence-electron chi connectivity index (χ3n) is 5.30. The van der Waals surface area contributed by atoms with E-state index in [0.29, 0.717) is 23.7 Å². The molecule has 1 amide bonds. The largest absolute Gasteiger partial charge is 0.467 e. The van der Waals surface area contributed by atoms with Crippen LogP contribution in [0.25, 0.3) is 0 Å². The first-order valence-electron chi connectivity index (χ1n) is 9.75. The Hall–Kier alpha value is -2.87. The van der Waals surface area contributed by atoms with Crippen LogP contribution >= 0.6 is 0 Å². The molecule has 8 nitrogen and oxygen atoms in total. The molecule has 2 atom stereocenters. The number of nitrogens with one attached hydrogen (secondary N) is 1. The lowest BCUT2D eigenvalue weighted by atomic mass is 9.88. The molecule has 1 aliphatic heterocycles. The van der Waals surface area contributed by atoms with Gasteiger partial charge in [0, 0.05) is 6.42 Å². The summed E-state index contributed by atoms with van der Waals surface area (Å²) in [4.78, 5) is 25.5. The second-order valence-electron chi connectivity index (χ2n) is 7.43. The molecule has 8 heteroatoms. The molecule has 3 heterocycles. The summed E-state index contributed by atoms with van der Waals surface area (Å²) in [6, 6.07) is 6.81. The van der Waals surface area contributed by atoms with E-state index in [0.717, 1.165) is 0 Å². The Morgan fingerprint density at radius 3 is 2.62 bits per heavy atom. The zero-order valence-corrected chi connectivity index (χ0v) is 17.2. The van der Waals surface area contributed by atoms with E-state index >= 15 is 0 Å². The van der Waals surface area contributed by atoms with E-state index in [1.807, 2.05) is 19.9 Å². The van der Waals surface area contributed by atoms with Crippen molar-refractivity contribution >= 4 is 17.6 Å². The maximum Gasteiger partial charge on any atom is 0.326 e. The number of hydrogen-bond donors (Lipinski definition) is 1. The molecule has 1 N–H and O–H groups in total. The van der Waals surface area contributed by atoms with Gasteiger partial charge >= 0.3 is 5.97 Å². The third-order valence-corrected chi connectivity index (χ3v) is 5.30. The van der Waals surface area contributed by atoms with Gasteiger partial charge in [-0.25, -0.2) is 5.01 Å². The van der Waals surface area contributed by atoms with Crippen LogP contribution in [-0.2, 0) is 14.3 Å². The van der Waals surface area contributed by atoms with Gasteiger partial charge in [0.2, 0.25) is 0 Å². The van der Waals surface area contributed by atoms with Crippen LogP contribution in [0.4, 0.5) is 0 Å². The molecular formula is C21H27N3O5. The fourth-order valence-electron chi connectivity index (χ4n) is 3.17. The average molecular weight is 401 g/mol. The normalized spacial score (nSPS) is 18.6. The highest BCUT2D eigenvalue weighted by Gasteiger charge is 2.40. The molecule has 0 saturated carbocycles. The quantitative estimate of drug-likeness (QED) is 0.683. The van der Waals surface area contributed by atoms with Crippen molar-refractivity contribution in [2.24, 2.45) is 11.0 Å². The van der Waals surface area contributed by atoms with Crippen LogP contribution in [0.5, 0.6) is 0 Å². The van der Waals surface area contributed by atoms with Crippen LogP contribution in [0.3, 0.4) is 0 Å².